The van der Waals surface area contributed by atoms with E-state index >= 15 is 0 Å². The molecule has 0 amide bonds. The van der Waals surface area contributed by atoms with Crippen molar-refractivity contribution in [3.8, 4) is 5.75 Å². The molecule has 33 heavy (non-hydrogen) atoms. The Balaban J connectivity index is 1.66. The minimum atomic E-state index is -0.267. The van der Waals surface area contributed by atoms with Gasteiger partial charge in [-0.2, -0.15) is 10.1 Å². The van der Waals surface area contributed by atoms with Crippen molar-refractivity contribution in [3.05, 3.63) is 110 Å². The Labute approximate surface area is 209 Å². The number of aryl methyl sites for hydroxylation is 1. The van der Waals surface area contributed by atoms with E-state index in [2.05, 4.69) is 128 Å². The molecular formula is C26H20Br2N4O. The highest BCUT2D eigenvalue weighted by molar-refractivity contribution is 9.10. The summed E-state index contributed by atoms with van der Waals surface area (Å²) in [6.45, 7) is 2.11. The number of rotatable bonds is 2. The second-order valence-electron chi connectivity index (χ2n) is 8.37. The fourth-order valence-corrected chi connectivity index (χ4v) is 5.33. The monoisotopic (exact) mass is 562 g/mol. The third kappa shape index (κ3) is 3.33. The van der Waals surface area contributed by atoms with Crippen molar-refractivity contribution < 1.29 is 4.74 Å². The first-order chi connectivity index (χ1) is 16.0. The molecule has 164 valence electrons. The van der Waals surface area contributed by atoms with Crippen LogP contribution in [0.2, 0.25) is 0 Å². The first-order valence-corrected chi connectivity index (χ1v) is 12.3. The Hall–Kier alpha value is -2.90. The molecule has 6 rings (SSSR count). The van der Waals surface area contributed by atoms with E-state index in [0.29, 0.717) is 0 Å². The van der Waals surface area contributed by atoms with Gasteiger partial charge in [-0.05, 0) is 54.4 Å². The lowest BCUT2D eigenvalue weighted by atomic mass is 9.84. The molecule has 2 aliphatic rings. The van der Waals surface area contributed by atoms with Gasteiger partial charge in [-0.1, -0.05) is 67.8 Å². The average molecular weight is 564 g/mol. The molecule has 0 saturated carbocycles. The van der Waals surface area contributed by atoms with Gasteiger partial charge in [0.15, 0.2) is 0 Å². The van der Waals surface area contributed by atoms with Crippen molar-refractivity contribution in [2.45, 2.75) is 19.1 Å². The minimum Gasteiger partial charge on any atom is -0.480 e. The van der Waals surface area contributed by atoms with Gasteiger partial charge in [0.2, 0.25) is 5.95 Å². The summed E-state index contributed by atoms with van der Waals surface area (Å²) in [5.74, 6) is 1.69. The number of ether oxygens (including phenoxy) is 1. The molecule has 0 bridgehead atoms. The van der Waals surface area contributed by atoms with E-state index in [4.69, 9.17) is 4.74 Å². The zero-order chi connectivity index (χ0) is 22.7. The molecule has 3 aromatic carbocycles. The fourth-order valence-electron chi connectivity index (χ4n) is 4.80. The van der Waals surface area contributed by atoms with Crippen LogP contribution < -0.4 is 9.64 Å². The van der Waals surface area contributed by atoms with Crippen molar-refractivity contribution in [1.82, 2.24) is 14.8 Å². The van der Waals surface area contributed by atoms with Gasteiger partial charge >= 0.3 is 0 Å². The van der Waals surface area contributed by atoms with Gasteiger partial charge in [0.1, 0.15) is 24.2 Å². The second kappa shape index (κ2) is 7.85. The summed E-state index contributed by atoms with van der Waals surface area (Å²) < 4.78 is 10.8. The molecule has 0 saturated heterocycles. The number of hydrogen-bond donors (Lipinski definition) is 0. The summed E-state index contributed by atoms with van der Waals surface area (Å²) in [7, 11) is 2.06. The maximum atomic E-state index is 6.73. The molecule has 0 aliphatic carbocycles. The molecule has 0 radical (unpaired) electrons. The molecule has 4 aromatic rings. The summed E-state index contributed by atoms with van der Waals surface area (Å²) >= 11 is 7.14. The number of halogens is 2. The van der Waals surface area contributed by atoms with Crippen LogP contribution in [0.3, 0.4) is 0 Å². The van der Waals surface area contributed by atoms with Gasteiger partial charge in [-0.3, -0.25) is 0 Å². The Kier molecular flexibility index (Phi) is 4.92. The lowest BCUT2D eigenvalue weighted by molar-refractivity contribution is 0.222. The molecule has 1 aromatic heterocycles. The highest BCUT2D eigenvalue weighted by Crippen LogP contribution is 2.52. The first kappa shape index (κ1) is 20.7. The quantitative estimate of drug-likeness (QED) is 0.272. The topological polar surface area (TPSA) is 43.2 Å². The van der Waals surface area contributed by atoms with E-state index in [0.717, 1.165) is 48.6 Å². The number of anilines is 1. The van der Waals surface area contributed by atoms with Crippen LogP contribution in [0.5, 0.6) is 5.75 Å². The Morgan fingerprint density at radius 1 is 0.879 bits per heavy atom. The first-order valence-electron chi connectivity index (χ1n) is 10.7. The van der Waals surface area contributed by atoms with E-state index in [-0.39, 0.29) is 12.1 Å². The SMILES string of the molecule is Cc1ccc2c(c1)C1=C([C@@H](c3ccc(Br)cc3)O2)[C@@H](c2ccc(Br)cc2)n2ncnc2N1C. The maximum Gasteiger partial charge on any atom is 0.229 e. The van der Waals surface area contributed by atoms with Gasteiger partial charge in [-0.15, -0.1) is 0 Å². The molecule has 3 heterocycles. The number of fused-ring (bicyclic) bond motifs is 3. The molecule has 0 N–H and O–H groups in total. The van der Waals surface area contributed by atoms with Crippen LogP contribution in [0.25, 0.3) is 5.70 Å². The number of hydrogen-bond acceptors (Lipinski definition) is 4. The normalized spacial score (nSPS) is 19.0. The highest BCUT2D eigenvalue weighted by Gasteiger charge is 2.43. The summed E-state index contributed by atoms with van der Waals surface area (Å²) in [5, 5.41) is 4.65. The van der Waals surface area contributed by atoms with Crippen molar-refractivity contribution in [2.75, 3.05) is 11.9 Å². The van der Waals surface area contributed by atoms with Crippen LogP contribution >= 0.6 is 31.9 Å². The Bertz CT molecular complexity index is 1390. The fraction of sp³-hybridized carbons (Fsp3) is 0.154. The van der Waals surface area contributed by atoms with Gasteiger partial charge in [0.05, 0.1) is 5.70 Å². The van der Waals surface area contributed by atoms with Crippen LogP contribution in [0, 0.1) is 6.92 Å². The van der Waals surface area contributed by atoms with Crippen LogP contribution in [0.4, 0.5) is 5.95 Å². The van der Waals surface area contributed by atoms with Gasteiger partial charge in [-0.25, -0.2) is 4.68 Å². The lowest BCUT2D eigenvalue weighted by Crippen LogP contribution is -2.37. The highest BCUT2D eigenvalue weighted by atomic mass is 79.9. The predicted octanol–water partition coefficient (Wildman–Crippen LogP) is 6.70. The molecule has 2 aliphatic heterocycles. The summed E-state index contributed by atoms with van der Waals surface area (Å²) in [5.41, 5.74) is 6.77. The second-order valence-corrected chi connectivity index (χ2v) is 10.2. The molecule has 0 unspecified atom stereocenters. The molecular weight excluding hydrogens is 544 g/mol. The number of aromatic nitrogens is 3. The number of nitrogens with zero attached hydrogens (tertiary/aromatic N) is 4. The van der Waals surface area contributed by atoms with E-state index in [1.54, 1.807) is 6.33 Å². The Morgan fingerprint density at radius 2 is 1.55 bits per heavy atom. The van der Waals surface area contributed by atoms with Crippen LogP contribution in [0.15, 0.2) is 87.6 Å². The van der Waals surface area contributed by atoms with Gasteiger partial charge < -0.3 is 9.64 Å². The van der Waals surface area contributed by atoms with E-state index < -0.39 is 0 Å². The molecule has 0 fully saturated rings. The molecule has 2 atom stereocenters. The molecule has 5 nitrogen and oxygen atoms in total. The maximum absolute atomic E-state index is 6.73. The standard InChI is InChI=1S/C26H20Br2N4O/c1-15-3-12-21-20(13-15)24-22(25(33-21)17-6-10-19(28)11-7-17)23(16-4-8-18(27)9-5-16)32-26(31(24)2)29-14-30-32/h3-14,23,25H,1-2H3/t23-,25-/m1/s1. The zero-order valence-corrected chi connectivity index (χ0v) is 21.2. The van der Waals surface area contributed by atoms with E-state index in [1.165, 1.54) is 5.56 Å². The summed E-state index contributed by atoms with van der Waals surface area (Å²) in [6.07, 6.45) is 1.36. The third-order valence-corrected chi connectivity index (χ3v) is 7.34. The average Bonchev–Trinajstić information content (AvgIpc) is 3.30. The molecule has 7 heteroatoms. The van der Waals surface area contributed by atoms with Crippen molar-refractivity contribution in [1.29, 1.82) is 0 Å². The third-order valence-electron chi connectivity index (χ3n) is 6.28. The lowest BCUT2D eigenvalue weighted by Gasteiger charge is -2.42. The van der Waals surface area contributed by atoms with Crippen molar-refractivity contribution >= 4 is 43.5 Å². The van der Waals surface area contributed by atoms with Crippen LogP contribution in [0.1, 0.15) is 34.4 Å². The largest absolute Gasteiger partial charge is 0.480 e. The van der Waals surface area contributed by atoms with Gasteiger partial charge in [0.25, 0.3) is 0 Å². The van der Waals surface area contributed by atoms with E-state index in [9.17, 15) is 0 Å². The number of benzene rings is 3. The summed E-state index contributed by atoms with van der Waals surface area (Å²) in [4.78, 5) is 6.76. The predicted molar refractivity (Wildman–Crippen MR) is 136 cm³/mol. The van der Waals surface area contributed by atoms with Crippen LogP contribution in [-0.4, -0.2) is 21.8 Å². The van der Waals surface area contributed by atoms with Gasteiger partial charge in [0, 0.05) is 27.1 Å². The van der Waals surface area contributed by atoms with E-state index in [1.807, 2.05) is 4.68 Å². The minimum absolute atomic E-state index is 0.149. The smallest absolute Gasteiger partial charge is 0.229 e. The van der Waals surface area contributed by atoms with Crippen LogP contribution in [-0.2, 0) is 0 Å². The Morgan fingerprint density at radius 3 is 2.24 bits per heavy atom. The van der Waals surface area contributed by atoms with Crippen molar-refractivity contribution in [3.63, 3.8) is 0 Å². The zero-order valence-electron chi connectivity index (χ0n) is 18.0. The summed E-state index contributed by atoms with van der Waals surface area (Å²) in [6, 6.07) is 23.0. The molecule has 0 spiro atoms. The van der Waals surface area contributed by atoms with Crippen molar-refractivity contribution in [2.24, 2.45) is 0 Å².